The normalized spacial score (nSPS) is 19.1. The molecule has 0 saturated carbocycles. The topological polar surface area (TPSA) is 15.3 Å². The Balaban J connectivity index is 1.99. The summed E-state index contributed by atoms with van der Waals surface area (Å²) in [4.78, 5) is 2.42. The molecule has 1 saturated heterocycles. The van der Waals surface area contributed by atoms with E-state index in [9.17, 15) is 0 Å². The highest BCUT2D eigenvalue weighted by molar-refractivity contribution is 9.10. The van der Waals surface area contributed by atoms with Crippen LogP contribution in [0.2, 0.25) is 5.02 Å². The third-order valence-corrected chi connectivity index (χ3v) is 4.55. The van der Waals surface area contributed by atoms with Gasteiger partial charge in [-0.3, -0.25) is 0 Å². The van der Waals surface area contributed by atoms with Gasteiger partial charge >= 0.3 is 0 Å². The molecule has 1 atom stereocenters. The second kappa shape index (κ2) is 6.17. The van der Waals surface area contributed by atoms with Crippen LogP contribution in [0.4, 0.5) is 5.69 Å². The molecule has 104 valence electrons. The Kier molecular flexibility index (Phi) is 4.29. The SMILES string of the molecule is Clc1ccc(Br)c(N2CCNCC2c2ccccc2)c1. The minimum atomic E-state index is 0.333. The zero-order valence-electron chi connectivity index (χ0n) is 11.0. The monoisotopic (exact) mass is 350 g/mol. The van der Waals surface area contributed by atoms with Crippen LogP contribution in [-0.4, -0.2) is 19.6 Å². The highest BCUT2D eigenvalue weighted by Crippen LogP contribution is 2.35. The molecule has 1 fully saturated rings. The fourth-order valence-electron chi connectivity index (χ4n) is 2.67. The van der Waals surface area contributed by atoms with Gasteiger partial charge in [-0.2, -0.15) is 0 Å². The van der Waals surface area contributed by atoms with E-state index in [-0.39, 0.29) is 0 Å². The van der Waals surface area contributed by atoms with Crippen LogP contribution in [0.5, 0.6) is 0 Å². The summed E-state index contributed by atoms with van der Waals surface area (Å²) < 4.78 is 1.09. The Morgan fingerprint density at radius 1 is 1.15 bits per heavy atom. The summed E-state index contributed by atoms with van der Waals surface area (Å²) >= 11 is 9.81. The molecule has 1 unspecified atom stereocenters. The van der Waals surface area contributed by atoms with Crippen molar-refractivity contribution in [1.82, 2.24) is 5.32 Å². The van der Waals surface area contributed by atoms with Crippen molar-refractivity contribution in [3.8, 4) is 0 Å². The minimum Gasteiger partial charge on any atom is -0.361 e. The maximum atomic E-state index is 6.17. The molecule has 2 aromatic carbocycles. The number of anilines is 1. The first kappa shape index (κ1) is 13.9. The molecule has 4 heteroatoms. The van der Waals surface area contributed by atoms with Gasteiger partial charge in [-0.05, 0) is 39.7 Å². The van der Waals surface area contributed by atoms with Gasteiger partial charge < -0.3 is 10.2 Å². The molecule has 0 aliphatic carbocycles. The number of rotatable bonds is 2. The zero-order valence-corrected chi connectivity index (χ0v) is 13.4. The first-order valence-corrected chi connectivity index (χ1v) is 7.90. The highest BCUT2D eigenvalue weighted by atomic mass is 79.9. The highest BCUT2D eigenvalue weighted by Gasteiger charge is 2.25. The van der Waals surface area contributed by atoms with Crippen LogP contribution < -0.4 is 10.2 Å². The second-order valence-corrected chi connectivity index (χ2v) is 6.21. The van der Waals surface area contributed by atoms with E-state index in [1.54, 1.807) is 0 Å². The fraction of sp³-hybridized carbons (Fsp3) is 0.250. The maximum Gasteiger partial charge on any atom is 0.0667 e. The number of nitrogens with one attached hydrogen (secondary N) is 1. The average molecular weight is 352 g/mol. The Bertz CT molecular complexity index is 588. The minimum absolute atomic E-state index is 0.333. The Morgan fingerprint density at radius 2 is 1.95 bits per heavy atom. The lowest BCUT2D eigenvalue weighted by molar-refractivity contribution is 0.489. The second-order valence-electron chi connectivity index (χ2n) is 4.92. The standard InChI is InChI=1S/C16H16BrClN2/c17-14-7-6-13(18)10-15(14)20-9-8-19-11-16(20)12-4-2-1-3-5-12/h1-7,10,16,19H,8-9,11H2. The van der Waals surface area contributed by atoms with Crippen molar-refractivity contribution in [3.63, 3.8) is 0 Å². The molecule has 3 rings (SSSR count). The van der Waals surface area contributed by atoms with Crippen molar-refractivity contribution in [1.29, 1.82) is 0 Å². The van der Waals surface area contributed by atoms with Crippen molar-refractivity contribution in [2.75, 3.05) is 24.5 Å². The van der Waals surface area contributed by atoms with Gasteiger partial charge in [0.1, 0.15) is 0 Å². The van der Waals surface area contributed by atoms with E-state index in [4.69, 9.17) is 11.6 Å². The summed E-state index contributed by atoms with van der Waals surface area (Å²) in [6, 6.07) is 16.9. The molecule has 2 nitrogen and oxygen atoms in total. The Labute approximate surface area is 132 Å². The van der Waals surface area contributed by atoms with E-state index >= 15 is 0 Å². The molecule has 1 aliphatic heterocycles. The molecule has 0 radical (unpaired) electrons. The first-order chi connectivity index (χ1) is 9.75. The lowest BCUT2D eigenvalue weighted by Crippen LogP contribution is -2.46. The van der Waals surface area contributed by atoms with Crippen molar-refractivity contribution >= 4 is 33.2 Å². The molecule has 0 spiro atoms. The van der Waals surface area contributed by atoms with Crippen LogP contribution in [0.1, 0.15) is 11.6 Å². The molecule has 0 amide bonds. The van der Waals surface area contributed by atoms with Gasteiger partial charge in [0.25, 0.3) is 0 Å². The molecule has 1 heterocycles. The first-order valence-electron chi connectivity index (χ1n) is 6.73. The number of piperazine rings is 1. The van der Waals surface area contributed by atoms with E-state index in [2.05, 4.69) is 56.5 Å². The summed E-state index contributed by atoms with van der Waals surface area (Å²) in [5.74, 6) is 0. The predicted octanol–water partition coefficient (Wildman–Crippen LogP) is 4.25. The molecular formula is C16H16BrClN2. The van der Waals surface area contributed by atoms with Crippen LogP contribution in [0.15, 0.2) is 53.0 Å². The summed E-state index contributed by atoms with van der Waals surface area (Å²) in [5.41, 5.74) is 2.49. The number of nitrogens with zero attached hydrogens (tertiary/aromatic N) is 1. The van der Waals surface area contributed by atoms with Crippen LogP contribution in [-0.2, 0) is 0 Å². The van der Waals surface area contributed by atoms with Crippen molar-refractivity contribution in [2.45, 2.75) is 6.04 Å². The Hall–Kier alpha value is -1.03. The Morgan fingerprint density at radius 3 is 2.75 bits per heavy atom. The summed E-state index contributed by atoms with van der Waals surface area (Å²) in [5, 5.41) is 4.25. The van der Waals surface area contributed by atoms with Gasteiger partial charge in [-0.1, -0.05) is 41.9 Å². The van der Waals surface area contributed by atoms with Gasteiger partial charge in [0.05, 0.1) is 11.7 Å². The van der Waals surface area contributed by atoms with Gasteiger partial charge in [0.2, 0.25) is 0 Å². The average Bonchev–Trinajstić information content (AvgIpc) is 2.51. The zero-order chi connectivity index (χ0) is 13.9. The smallest absolute Gasteiger partial charge is 0.0667 e. The quantitative estimate of drug-likeness (QED) is 0.870. The van der Waals surface area contributed by atoms with Crippen LogP contribution in [0.3, 0.4) is 0 Å². The van der Waals surface area contributed by atoms with E-state index < -0.39 is 0 Å². The van der Waals surface area contributed by atoms with Crippen molar-refractivity contribution in [2.24, 2.45) is 0 Å². The van der Waals surface area contributed by atoms with Crippen molar-refractivity contribution < 1.29 is 0 Å². The number of hydrogen-bond donors (Lipinski definition) is 1. The molecular weight excluding hydrogens is 336 g/mol. The van der Waals surface area contributed by atoms with Crippen LogP contribution in [0, 0.1) is 0 Å². The molecule has 2 aromatic rings. The third kappa shape index (κ3) is 2.85. The lowest BCUT2D eigenvalue weighted by Gasteiger charge is -2.39. The van der Waals surface area contributed by atoms with E-state index in [0.717, 1.165) is 34.8 Å². The van der Waals surface area contributed by atoms with Crippen LogP contribution >= 0.6 is 27.5 Å². The van der Waals surface area contributed by atoms with E-state index in [0.29, 0.717) is 6.04 Å². The van der Waals surface area contributed by atoms with Gasteiger partial charge in [-0.15, -0.1) is 0 Å². The third-order valence-electron chi connectivity index (χ3n) is 3.65. The number of halogens is 2. The van der Waals surface area contributed by atoms with E-state index in [1.807, 2.05) is 18.2 Å². The van der Waals surface area contributed by atoms with Gasteiger partial charge in [-0.25, -0.2) is 0 Å². The molecule has 1 aliphatic rings. The number of benzene rings is 2. The predicted molar refractivity (Wildman–Crippen MR) is 88.6 cm³/mol. The summed E-state index contributed by atoms with van der Waals surface area (Å²) in [7, 11) is 0. The van der Waals surface area contributed by atoms with Gasteiger partial charge in [0, 0.05) is 29.1 Å². The van der Waals surface area contributed by atoms with Crippen LogP contribution in [0.25, 0.3) is 0 Å². The largest absolute Gasteiger partial charge is 0.361 e. The molecule has 1 N–H and O–H groups in total. The number of hydrogen-bond acceptors (Lipinski definition) is 2. The summed E-state index contributed by atoms with van der Waals surface area (Å²) in [6.07, 6.45) is 0. The van der Waals surface area contributed by atoms with Crippen molar-refractivity contribution in [3.05, 3.63) is 63.6 Å². The van der Waals surface area contributed by atoms with E-state index in [1.165, 1.54) is 5.56 Å². The summed E-state index contributed by atoms with van der Waals surface area (Å²) in [6.45, 7) is 2.91. The molecule has 0 bridgehead atoms. The molecule has 0 aromatic heterocycles. The lowest BCUT2D eigenvalue weighted by atomic mass is 10.0. The van der Waals surface area contributed by atoms with Gasteiger partial charge in [0.15, 0.2) is 0 Å². The fourth-order valence-corrected chi connectivity index (χ4v) is 3.31. The molecule has 20 heavy (non-hydrogen) atoms. The maximum absolute atomic E-state index is 6.17.